The molecule has 25 heavy (non-hydrogen) atoms. The number of carbonyl (C=O) groups is 2. The Morgan fingerprint density at radius 1 is 1.08 bits per heavy atom. The maximum atomic E-state index is 12.8. The molecular weight excluding hydrogens is 325 g/mol. The molecule has 1 heterocycles. The van der Waals surface area contributed by atoms with E-state index in [0.717, 1.165) is 5.56 Å². The number of aromatic nitrogens is 1. The summed E-state index contributed by atoms with van der Waals surface area (Å²) in [6.07, 6.45) is 2.00. The fraction of sp³-hybridized carbons (Fsp3) is 0.278. The van der Waals surface area contributed by atoms with Gasteiger partial charge in [0, 0.05) is 32.0 Å². The number of rotatable bonds is 8. The number of methoxy groups -OCH3 is 1. The summed E-state index contributed by atoms with van der Waals surface area (Å²) in [6, 6.07) is 9.10. The van der Waals surface area contributed by atoms with Gasteiger partial charge in [0.15, 0.2) is 0 Å². The van der Waals surface area contributed by atoms with Crippen LogP contribution in [0.2, 0.25) is 0 Å². The number of hydrogen-bond acceptors (Lipinski definition) is 4. The molecular formula is C18H20FN3O3. The highest BCUT2D eigenvalue weighted by molar-refractivity contribution is 5.98. The number of amides is 2. The van der Waals surface area contributed by atoms with Crippen LogP contribution in [0.25, 0.3) is 0 Å². The summed E-state index contributed by atoms with van der Waals surface area (Å²) in [5, 5.41) is 5.41. The molecule has 0 saturated heterocycles. The molecule has 0 unspecified atom stereocenters. The number of nitrogens with zero attached hydrogens (tertiary/aromatic N) is 1. The van der Waals surface area contributed by atoms with Crippen LogP contribution in [0.1, 0.15) is 26.4 Å². The topological polar surface area (TPSA) is 80.3 Å². The molecule has 132 valence electrons. The quantitative estimate of drug-likeness (QED) is 0.712. The van der Waals surface area contributed by atoms with Gasteiger partial charge in [-0.3, -0.25) is 14.6 Å². The standard InChI is InChI=1S/C18H20FN3O3/c1-25-11-10-22-18(24)16-12-14(7-9-20-16)17(23)21-8-6-13-2-4-15(19)5-3-13/h2-5,7,9,12H,6,8,10-11H2,1H3,(H,21,23)(H,22,24). The molecule has 2 N–H and O–H groups in total. The predicted molar refractivity (Wildman–Crippen MR) is 90.9 cm³/mol. The average molecular weight is 345 g/mol. The molecule has 0 aliphatic carbocycles. The molecule has 2 rings (SSSR count). The first-order valence-electron chi connectivity index (χ1n) is 7.86. The van der Waals surface area contributed by atoms with E-state index in [4.69, 9.17) is 4.74 Å². The van der Waals surface area contributed by atoms with Crippen molar-refractivity contribution in [2.24, 2.45) is 0 Å². The van der Waals surface area contributed by atoms with Gasteiger partial charge in [0.05, 0.1) is 6.61 Å². The Labute approximate surface area is 145 Å². The van der Waals surface area contributed by atoms with Crippen LogP contribution in [0.3, 0.4) is 0 Å². The second-order valence-corrected chi connectivity index (χ2v) is 5.31. The maximum absolute atomic E-state index is 12.8. The minimum atomic E-state index is -0.363. The summed E-state index contributed by atoms with van der Waals surface area (Å²) >= 11 is 0. The van der Waals surface area contributed by atoms with Gasteiger partial charge in [-0.05, 0) is 36.2 Å². The molecule has 0 aliphatic rings. The van der Waals surface area contributed by atoms with Gasteiger partial charge in [0.1, 0.15) is 11.5 Å². The van der Waals surface area contributed by atoms with E-state index in [0.29, 0.717) is 31.7 Å². The van der Waals surface area contributed by atoms with E-state index >= 15 is 0 Å². The lowest BCUT2D eigenvalue weighted by Crippen LogP contribution is -2.29. The van der Waals surface area contributed by atoms with Crippen LogP contribution in [0, 0.1) is 5.82 Å². The summed E-state index contributed by atoms with van der Waals surface area (Å²) in [7, 11) is 1.54. The van der Waals surface area contributed by atoms with Crippen molar-refractivity contribution in [3.63, 3.8) is 0 Å². The Hall–Kier alpha value is -2.80. The smallest absolute Gasteiger partial charge is 0.269 e. The van der Waals surface area contributed by atoms with Gasteiger partial charge in [-0.1, -0.05) is 12.1 Å². The van der Waals surface area contributed by atoms with Crippen molar-refractivity contribution in [1.82, 2.24) is 15.6 Å². The Bertz CT molecular complexity index is 720. The zero-order valence-electron chi connectivity index (χ0n) is 13.9. The molecule has 7 heteroatoms. The van der Waals surface area contributed by atoms with Crippen LogP contribution in [-0.2, 0) is 11.2 Å². The third-order valence-corrected chi connectivity index (χ3v) is 3.46. The Morgan fingerprint density at radius 3 is 2.52 bits per heavy atom. The van der Waals surface area contributed by atoms with Crippen molar-refractivity contribution in [2.45, 2.75) is 6.42 Å². The highest BCUT2D eigenvalue weighted by Crippen LogP contribution is 2.04. The number of benzene rings is 1. The SMILES string of the molecule is COCCNC(=O)c1cc(C(=O)NCCc2ccc(F)cc2)ccn1. The van der Waals surface area contributed by atoms with Gasteiger partial charge in [-0.2, -0.15) is 0 Å². The lowest BCUT2D eigenvalue weighted by atomic mass is 10.1. The molecule has 1 aromatic carbocycles. The molecule has 1 aromatic heterocycles. The molecule has 0 spiro atoms. The fourth-order valence-corrected chi connectivity index (χ4v) is 2.13. The Balaban J connectivity index is 1.87. The van der Waals surface area contributed by atoms with E-state index in [9.17, 15) is 14.0 Å². The number of halogens is 1. The first kappa shape index (κ1) is 18.5. The minimum Gasteiger partial charge on any atom is -0.383 e. The average Bonchev–Trinajstić information content (AvgIpc) is 2.63. The Morgan fingerprint density at radius 2 is 1.80 bits per heavy atom. The monoisotopic (exact) mass is 345 g/mol. The molecule has 2 amide bonds. The number of pyridine rings is 1. The van der Waals surface area contributed by atoms with Gasteiger partial charge in [-0.15, -0.1) is 0 Å². The van der Waals surface area contributed by atoms with Crippen molar-refractivity contribution in [3.8, 4) is 0 Å². The second-order valence-electron chi connectivity index (χ2n) is 5.31. The highest BCUT2D eigenvalue weighted by atomic mass is 19.1. The first-order valence-corrected chi connectivity index (χ1v) is 7.86. The van der Waals surface area contributed by atoms with Gasteiger partial charge >= 0.3 is 0 Å². The Kier molecular flexibility index (Phi) is 7.03. The zero-order valence-corrected chi connectivity index (χ0v) is 13.9. The number of hydrogen-bond donors (Lipinski definition) is 2. The lowest BCUT2D eigenvalue weighted by Gasteiger charge is -2.07. The molecule has 2 aromatic rings. The molecule has 0 atom stereocenters. The van der Waals surface area contributed by atoms with Crippen molar-refractivity contribution < 1.29 is 18.7 Å². The summed E-state index contributed by atoms with van der Waals surface area (Å²) < 4.78 is 17.7. The van der Waals surface area contributed by atoms with Crippen LogP contribution in [0.15, 0.2) is 42.6 Å². The predicted octanol–water partition coefficient (Wildman–Crippen LogP) is 1.57. The molecule has 6 nitrogen and oxygen atoms in total. The normalized spacial score (nSPS) is 10.3. The number of nitrogens with one attached hydrogen (secondary N) is 2. The van der Waals surface area contributed by atoms with Crippen molar-refractivity contribution >= 4 is 11.8 Å². The van der Waals surface area contributed by atoms with E-state index in [-0.39, 0.29) is 23.3 Å². The van der Waals surface area contributed by atoms with Crippen LogP contribution in [0.5, 0.6) is 0 Å². The molecule has 0 saturated carbocycles. The molecule has 0 fully saturated rings. The minimum absolute atomic E-state index is 0.169. The zero-order chi connectivity index (χ0) is 18.1. The third-order valence-electron chi connectivity index (χ3n) is 3.46. The lowest BCUT2D eigenvalue weighted by molar-refractivity contribution is 0.0932. The third kappa shape index (κ3) is 5.96. The summed E-state index contributed by atoms with van der Waals surface area (Å²) in [5.41, 5.74) is 1.45. The van der Waals surface area contributed by atoms with Crippen molar-refractivity contribution in [1.29, 1.82) is 0 Å². The van der Waals surface area contributed by atoms with Gasteiger partial charge < -0.3 is 15.4 Å². The summed E-state index contributed by atoms with van der Waals surface area (Å²) in [5.74, 6) is -0.950. The fourth-order valence-electron chi connectivity index (χ4n) is 2.13. The van der Waals surface area contributed by atoms with Gasteiger partial charge in [0.2, 0.25) is 0 Å². The highest BCUT2D eigenvalue weighted by Gasteiger charge is 2.11. The van der Waals surface area contributed by atoms with Crippen LogP contribution in [0.4, 0.5) is 4.39 Å². The molecule has 0 aliphatic heterocycles. The number of carbonyl (C=O) groups excluding carboxylic acids is 2. The van der Waals surface area contributed by atoms with Crippen molar-refractivity contribution in [2.75, 3.05) is 26.8 Å². The van der Waals surface area contributed by atoms with Gasteiger partial charge in [-0.25, -0.2) is 4.39 Å². The maximum Gasteiger partial charge on any atom is 0.269 e. The van der Waals surface area contributed by atoms with E-state index in [1.54, 1.807) is 25.3 Å². The van der Waals surface area contributed by atoms with Crippen LogP contribution in [-0.4, -0.2) is 43.6 Å². The largest absolute Gasteiger partial charge is 0.383 e. The van der Waals surface area contributed by atoms with Crippen LogP contribution < -0.4 is 10.6 Å². The first-order chi connectivity index (χ1) is 12.1. The van der Waals surface area contributed by atoms with Crippen molar-refractivity contribution in [3.05, 3.63) is 65.2 Å². The van der Waals surface area contributed by atoms with Gasteiger partial charge in [0.25, 0.3) is 11.8 Å². The number of ether oxygens (including phenoxy) is 1. The molecule has 0 bridgehead atoms. The van der Waals surface area contributed by atoms with E-state index in [1.807, 2.05) is 0 Å². The summed E-state index contributed by atoms with van der Waals surface area (Å²) in [4.78, 5) is 28.1. The second kappa shape index (κ2) is 9.48. The van der Waals surface area contributed by atoms with Crippen LogP contribution >= 0.6 is 0 Å². The van der Waals surface area contributed by atoms with E-state index in [1.165, 1.54) is 24.4 Å². The summed E-state index contributed by atoms with van der Waals surface area (Å²) in [6.45, 7) is 1.17. The molecule has 0 radical (unpaired) electrons. The van der Waals surface area contributed by atoms with E-state index in [2.05, 4.69) is 15.6 Å². The van der Waals surface area contributed by atoms with E-state index < -0.39 is 0 Å².